The molecule has 0 radical (unpaired) electrons. The first-order chi connectivity index (χ1) is 14.1. The molecule has 2 aromatic rings. The van der Waals surface area contributed by atoms with E-state index in [0.717, 1.165) is 44.6 Å². The van der Waals surface area contributed by atoms with Crippen LogP contribution < -0.4 is 10.2 Å². The molecule has 0 bridgehead atoms. The van der Waals surface area contributed by atoms with Gasteiger partial charge in [-0.3, -0.25) is 14.9 Å². The summed E-state index contributed by atoms with van der Waals surface area (Å²) in [5.41, 5.74) is -0.104. The zero-order valence-corrected chi connectivity index (χ0v) is 16.1. The molecular weight excluding hydrogens is 376 g/mol. The molecule has 2 aliphatic heterocycles. The number of anilines is 2. The van der Waals surface area contributed by atoms with Gasteiger partial charge in [-0.15, -0.1) is 0 Å². The van der Waals surface area contributed by atoms with Crippen LogP contribution in [0.5, 0.6) is 0 Å². The van der Waals surface area contributed by atoms with E-state index in [1.807, 2.05) is 6.07 Å². The van der Waals surface area contributed by atoms with Crippen LogP contribution in [-0.4, -0.2) is 45.3 Å². The normalized spacial score (nSPS) is 19.7. The molecule has 1 amide bonds. The van der Waals surface area contributed by atoms with Crippen molar-refractivity contribution in [3.05, 3.63) is 40.3 Å². The van der Waals surface area contributed by atoms with Crippen molar-refractivity contribution in [2.75, 3.05) is 29.9 Å². The number of carbonyl (C=O) groups excluding carboxylic acids is 1. The van der Waals surface area contributed by atoms with Gasteiger partial charge in [0.1, 0.15) is 18.2 Å². The first-order valence-corrected chi connectivity index (χ1v) is 9.99. The fourth-order valence-corrected chi connectivity index (χ4v) is 3.72. The summed E-state index contributed by atoms with van der Waals surface area (Å²) in [5.74, 6) is 0.228. The average molecular weight is 400 g/mol. The van der Waals surface area contributed by atoms with Gasteiger partial charge in [0, 0.05) is 19.7 Å². The SMILES string of the molecule is O=C(Nc1ccc(N2CCCCC2)nc1)c1nn(C2CCCCO2)cc1[N+](=O)[O-]. The van der Waals surface area contributed by atoms with Crippen LogP contribution in [0, 0.1) is 10.1 Å². The van der Waals surface area contributed by atoms with Crippen LogP contribution in [0.25, 0.3) is 0 Å². The Morgan fingerprint density at radius 1 is 1.21 bits per heavy atom. The Balaban J connectivity index is 1.48. The molecule has 2 fully saturated rings. The molecular formula is C19H24N6O4. The zero-order chi connectivity index (χ0) is 20.2. The zero-order valence-electron chi connectivity index (χ0n) is 16.1. The number of hydrogen-bond donors (Lipinski definition) is 1. The fourth-order valence-electron chi connectivity index (χ4n) is 3.72. The lowest BCUT2D eigenvalue weighted by molar-refractivity contribution is -0.385. The maximum atomic E-state index is 12.7. The smallest absolute Gasteiger partial charge is 0.320 e. The first-order valence-electron chi connectivity index (χ1n) is 9.99. The monoisotopic (exact) mass is 400 g/mol. The van der Waals surface area contributed by atoms with Gasteiger partial charge in [0.15, 0.2) is 0 Å². The number of hydrogen-bond acceptors (Lipinski definition) is 7. The van der Waals surface area contributed by atoms with Crippen molar-refractivity contribution in [3.63, 3.8) is 0 Å². The van der Waals surface area contributed by atoms with Gasteiger partial charge in [-0.2, -0.15) is 5.10 Å². The number of nitrogens with zero attached hydrogens (tertiary/aromatic N) is 5. The summed E-state index contributed by atoms with van der Waals surface area (Å²) >= 11 is 0. The molecule has 1 unspecified atom stereocenters. The van der Waals surface area contributed by atoms with Crippen LogP contribution in [0.2, 0.25) is 0 Å². The first kappa shape index (κ1) is 19.3. The largest absolute Gasteiger partial charge is 0.357 e. The summed E-state index contributed by atoms with van der Waals surface area (Å²) in [4.78, 5) is 30.1. The Hall–Kier alpha value is -3.01. The van der Waals surface area contributed by atoms with E-state index < -0.39 is 10.8 Å². The molecule has 10 nitrogen and oxygen atoms in total. The second kappa shape index (κ2) is 8.56. The minimum Gasteiger partial charge on any atom is -0.357 e. The summed E-state index contributed by atoms with van der Waals surface area (Å²) < 4.78 is 6.99. The van der Waals surface area contributed by atoms with E-state index in [1.165, 1.54) is 17.3 Å². The number of amides is 1. The molecule has 2 aromatic heterocycles. The third-order valence-corrected chi connectivity index (χ3v) is 5.26. The highest BCUT2D eigenvalue weighted by atomic mass is 16.6. The molecule has 0 spiro atoms. The van der Waals surface area contributed by atoms with Crippen LogP contribution >= 0.6 is 0 Å². The maximum absolute atomic E-state index is 12.7. The van der Waals surface area contributed by atoms with Gasteiger partial charge in [0.05, 0.1) is 16.8 Å². The van der Waals surface area contributed by atoms with Gasteiger partial charge in [-0.05, 0) is 50.7 Å². The molecule has 0 aliphatic carbocycles. The molecule has 10 heteroatoms. The van der Waals surface area contributed by atoms with E-state index in [4.69, 9.17) is 4.74 Å². The number of piperidine rings is 1. The van der Waals surface area contributed by atoms with Crippen LogP contribution in [0.15, 0.2) is 24.5 Å². The van der Waals surface area contributed by atoms with E-state index in [0.29, 0.717) is 18.7 Å². The van der Waals surface area contributed by atoms with E-state index in [1.54, 1.807) is 12.3 Å². The molecule has 2 saturated heterocycles. The van der Waals surface area contributed by atoms with Crippen LogP contribution in [0.4, 0.5) is 17.2 Å². The van der Waals surface area contributed by atoms with E-state index in [-0.39, 0.29) is 17.6 Å². The summed E-state index contributed by atoms with van der Waals surface area (Å²) in [5, 5.41) is 18.2. The highest BCUT2D eigenvalue weighted by Gasteiger charge is 2.29. The lowest BCUT2D eigenvalue weighted by atomic mass is 10.1. The van der Waals surface area contributed by atoms with Crippen LogP contribution in [0.3, 0.4) is 0 Å². The minimum absolute atomic E-state index is 0.232. The molecule has 0 saturated carbocycles. The molecule has 0 aromatic carbocycles. The highest BCUT2D eigenvalue weighted by molar-refractivity contribution is 6.05. The number of ether oxygens (including phenoxy) is 1. The Morgan fingerprint density at radius 2 is 2.03 bits per heavy atom. The topological polar surface area (TPSA) is 115 Å². The number of pyridine rings is 1. The lowest BCUT2D eigenvalue weighted by Gasteiger charge is -2.27. The van der Waals surface area contributed by atoms with Gasteiger partial charge in [0.2, 0.25) is 5.69 Å². The van der Waals surface area contributed by atoms with Crippen molar-refractivity contribution < 1.29 is 14.5 Å². The highest BCUT2D eigenvalue weighted by Crippen LogP contribution is 2.26. The molecule has 29 heavy (non-hydrogen) atoms. The second-order valence-electron chi connectivity index (χ2n) is 7.33. The van der Waals surface area contributed by atoms with Crippen LogP contribution in [0.1, 0.15) is 55.2 Å². The average Bonchev–Trinajstić information content (AvgIpc) is 3.22. The predicted molar refractivity (Wildman–Crippen MR) is 106 cm³/mol. The van der Waals surface area contributed by atoms with Gasteiger partial charge in [0.25, 0.3) is 5.91 Å². The van der Waals surface area contributed by atoms with E-state index in [2.05, 4.69) is 20.3 Å². The minimum atomic E-state index is -0.640. The van der Waals surface area contributed by atoms with Crippen molar-refractivity contribution in [2.24, 2.45) is 0 Å². The van der Waals surface area contributed by atoms with E-state index >= 15 is 0 Å². The third-order valence-electron chi connectivity index (χ3n) is 5.26. The van der Waals surface area contributed by atoms with E-state index in [9.17, 15) is 14.9 Å². The fraction of sp³-hybridized carbons (Fsp3) is 0.526. The number of nitrogens with one attached hydrogen (secondary N) is 1. The van der Waals surface area contributed by atoms with Gasteiger partial charge >= 0.3 is 5.69 Å². The maximum Gasteiger partial charge on any atom is 0.320 e. The van der Waals surface area contributed by atoms with Crippen molar-refractivity contribution in [1.29, 1.82) is 0 Å². The van der Waals surface area contributed by atoms with Gasteiger partial charge < -0.3 is 15.0 Å². The molecule has 2 aliphatic rings. The molecule has 154 valence electrons. The van der Waals surface area contributed by atoms with Crippen molar-refractivity contribution in [2.45, 2.75) is 44.8 Å². The summed E-state index contributed by atoms with van der Waals surface area (Å²) in [6.45, 7) is 2.53. The Bertz CT molecular complexity index is 869. The number of carbonyl (C=O) groups is 1. The Kier molecular flexibility index (Phi) is 5.70. The molecule has 4 rings (SSSR count). The van der Waals surface area contributed by atoms with Crippen molar-refractivity contribution >= 4 is 23.1 Å². The molecule has 4 heterocycles. The quantitative estimate of drug-likeness (QED) is 0.605. The van der Waals surface area contributed by atoms with Gasteiger partial charge in [-0.25, -0.2) is 9.67 Å². The Morgan fingerprint density at radius 3 is 2.69 bits per heavy atom. The summed E-state index contributed by atoms with van der Waals surface area (Å²) in [6.07, 6.45) is 8.60. The summed E-state index contributed by atoms with van der Waals surface area (Å²) in [6, 6.07) is 3.60. The Labute approximate surface area is 168 Å². The second-order valence-corrected chi connectivity index (χ2v) is 7.33. The van der Waals surface area contributed by atoms with Crippen LogP contribution in [-0.2, 0) is 4.74 Å². The summed E-state index contributed by atoms with van der Waals surface area (Å²) in [7, 11) is 0. The van der Waals surface area contributed by atoms with Gasteiger partial charge in [-0.1, -0.05) is 0 Å². The standard InChI is InChI=1S/C19H24N6O4/c26-19(21-14-7-8-16(20-12-14)23-9-3-1-4-10-23)18-15(25(27)28)13-24(22-18)17-6-2-5-11-29-17/h7-8,12-13,17H,1-6,9-11H2,(H,21,26). The molecule has 1 atom stereocenters. The third kappa shape index (κ3) is 4.37. The number of nitro groups is 1. The van der Waals surface area contributed by atoms with Crippen molar-refractivity contribution in [1.82, 2.24) is 14.8 Å². The van der Waals surface area contributed by atoms with Crippen molar-refractivity contribution in [3.8, 4) is 0 Å². The number of aromatic nitrogens is 3. The molecule has 1 N–H and O–H groups in total. The predicted octanol–water partition coefficient (Wildman–Crippen LogP) is 3.13. The lowest BCUT2D eigenvalue weighted by Crippen LogP contribution is -2.30. The number of rotatable bonds is 5.